The van der Waals surface area contributed by atoms with Crippen molar-refractivity contribution in [3.8, 4) is 5.88 Å². The third-order valence-corrected chi connectivity index (χ3v) is 3.12. The fourth-order valence-electron chi connectivity index (χ4n) is 2.26. The minimum Gasteiger partial charge on any atom is -0.480 e. The fraction of sp³-hybridized carbons (Fsp3) is 0.733. The van der Waals surface area contributed by atoms with Crippen molar-refractivity contribution < 1.29 is 9.47 Å². The lowest BCUT2D eigenvalue weighted by molar-refractivity contribution is 0.0257. The van der Waals surface area contributed by atoms with Crippen molar-refractivity contribution in [2.24, 2.45) is 0 Å². The Morgan fingerprint density at radius 2 is 1.90 bits per heavy atom. The van der Waals surface area contributed by atoms with Gasteiger partial charge in [0.2, 0.25) is 5.88 Å². The van der Waals surface area contributed by atoms with Gasteiger partial charge in [-0.25, -0.2) is 4.98 Å². The zero-order valence-electron chi connectivity index (χ0n) is 13.1. The zero-order valence-corrected chi connectivity index (χ0v) is 13.1. The highest BCUT2D eigenvalue weighted by Crippen LogP contribution is 2.26. The quantitative estimate of drug-likeness (QED) is 0.714. The Hall–Kier alpha value is -1.20. The summed E-state index contributed by atoms with van der Waals surface area (Å²) in [5.74, 6) is 0.571. The van der Waals surface area contributed by atoms with Gasteiger partial charge in [-0.05, 0) is 26.3 Å². The summed E-state index contributed by atoms with van der Waals surface area (Å²) in [5.41, 5.74) is 0.829. The van der Waals surface area contributed by atoms with Crippen LogP contribution in [-0.2, 0) is 4.74 Å². The Kier molecular flexibility index (Phi) is 8.14. The van der Waals surface area contributed by atoms with Crippen LogP contribution in [0.15, 0.2) is 12.4 Å². The summed E-state index contributed by atoms with van der Waals surface area (Å²) >= 11 is 0. The maximum atomic E-state index is 5.91. The second kappa shape index (κ2) is 9.66. The Morgan fingerprint density at radius 1 is 1.15 bits per heavy atom. The molecule has 2 atom stereocenters. The molecule has 1 aromatic rings. The fourth-order valence-corrected chi connectivity index (χ4v) is 2.26. The van der Waals surface area contributed by atoms with Crippen molar-refractivity contribution in [3.63, 3.8) is 0 Å². The number of hydrogen-bond acceptors (Lipinski definition) is 5. The van der Waals surface area contributed by atoms with E-state index in [1.54, 1.807) is 19.5 Å². The molecule has 114 valence electrons. The van der Waals surface area contributed by atoms with Gasteiger partial charge in [-0.3, -0.25) is 4.98 Å². The molecule has 0 bridgehead atoms. The average Bonchev–Trinajstić information content (AvgIpc) is 2.48. The molecule has 0 radical (unpaired) electrons. The molecule has 0 aliphatic carbocycles. The van der Waals surface area contributed by atoms with E-state index in [0.29, 0.717) is 12.5 Å². The summed E-state index contributed by atoms with van der Waals surface area (Å²) < 4.78 is 11.3. The summed E-state index contributed by atoms with van der Waals surface area (Å²) in [6.07, 6.45) is 6.54. The topological polar surface area (TPSA) is 56.3 Å². The number of nitrogens with zero attached hydrogens (tertiary/aromatic N) is 2. The van der Waals surface area contributed by atoms with E-state index in [9.17, 15) is 0 Å². The summed E-state index contributed by atoms with van der Waals surface area (Å²) in [7, 11) is 1.62. The van der Waals surface area contributed by atoms with Crippen LogP contribution in [-0.4, -0.2) is 36.3 Å². The van der Waals surface area contributed by atoms with Gasteiger partial charge in [0.05, 0.1) is 19.3 Å². The SMILES string of the molecule is CCCNC(c1nccnc1OC)C(CCC)OCC. The van der Waals surface area contributed by atoms with E-state index in [1.165, 1.54) is 0 Å². The van der Waals surface area contributed by atoms with Crippen LogP contribution in [0.25, 0.3) is 0 Å². The molecule has 20 heavy (non-hydrogen) atoms. The van der Waals surface area contributed by atoms with Gasteiger partial charge < -0.3 is 14.8 Å². The average molecular weight is 281 g/mol. The summed E-state index contributed by atoms with van der Waals surface area (Å²) in [5, 5.41) is 3.52. The van der Waals surface area contributed by atoms with Crippen LogP contribution >= 0.6 is 0 Å². The molecule has 0 saturated carbocycles. The smallest absolute Gasteiger partial charge is 0.237 e. The first-order valence-corrected chi connectivity index (χ1v) is 7.48. The largest absolute Gasteiger partial charge is 0.480 e. The van der Waals surface area contributed by atoms with Crippen LogP contribution < -0.4 is 10.1 Å². The zero-order chi connectivity index (χ0) is 14.8. The number of methoxy groups -OCH3 is 1. The second-order valence-electron chi connectivity index (χ2n) is 4.67. The van der Waals surface area contributed by atoms with Crippen LogP contribution in [0.4, 0.5) is 0 Å². The highest BCUT2D eigenvalue weighted by atomic mass is 16.5. The van der Waals surface area contributed by atoms with Gasteiger partial charge in [0, 0.05) is 19.0 Å². The minimum atomic E-state index is 0.0125. The van der Waals surface area contributed by atoms with Gasteiger partial charge in [0.1, 0.15) is 5.69 Å². The number of rotatable bonds is 10. The van der Waals surface area contributed by atoms with Crippen LogP contribution in [0.2, 0.25) is 0 Å². The van der Waals surface area contributed by atoms with Crippen molar-refractivity contribution in [3.05, 3.63) is 18.1 Å². The van der Waals surface area contributed by atoms with Crippen molar-refractivity contribution >= 4 is 0 Å². The summed E-state index contributed by atoms with van der Waals surface area (Å²) in [4.78, 5) is 8.71. The standard InChI is InChI=1S/C15H27N3O2/c1-5-8-12(20-7-3)13(16-9-6-2)14-15(19-4)18-11-10-17-14/h10-13,16H,5-9H2,1-4H3. The Bertz CT molecular complexity index is 368. The molecule has 0 spiro atoms. The van der Waals surface area contributed by atoms with E-state index >= 15 is 0 Å². The van der Waals surface area contributed by atoms with Crippen LogP contribution in [0.3, 0.4) is 0 Å². The molecule has 0 aliphatic heterocycles. The molecule has 1 rings (SSSR count). The van der Waals surface area contributed by atoms with E-state index in [0.717, 1.165) is 31.5 Å². The predicted octanol–water partition coefficient (Wildman–Crippen LogP) is 2.73. The van der Waals surface area contributed by atoms with E-state index in [1.807, 2.05) is 6.92 Å². The van der Waals surface area contributed by atoms with Gasteiger partial charge >= 0.3 is 0 Å². The van der Waals surface area contributed by atoms with Crippen molar-refractivity contribution in [2.45, 2.75) is 52.2 Å². The molecular formula is C15H27N3O2. The van der Waals surface area contributed by atoms with E-state index < -0.39 is 0 Å². The summed E-state index contributed by atoms with van der Waals surface area (Å²) in [6, 6.07) is 0.0125. The van der Waals surface area contributed by atoms with Crippen molar-refractivity contribution in [1.82, 2.24) is 15.3 Å². The highest BCUT2D eigenvalue weighted by Gasteiger charge is 2.27. The van der Waals surface area contributed by atoms with Crippen molar-refractivity contribution in [1.29, 1.82) is 0 Å². The Morgan fingerprint density at radius 3 is 2.50 bits per heavy atom. The molecule has 1 aromatic heterocycles. The van der Waals surface area contributed by atoms with Gasteiger partial charge in [-0.2, -0.15) is 0 Å². The van der Waals surface area contributed by atoms with E-state index in [2.05, 4.69) is 29.1 Å². The number of hydrogen-bond donors (Lipinski definition) is 1. The normalized spacial score (nSPS) is 14.0. The molecular weight excluding hydrogens is 254 g/mol. The van der Waals surface area contributed by atoms with Crippen molar-refractivity contribution in [2.75, 3.05) is 20.3 Å². The molecule has 5 heteroatoms. The third-order valence-electron chi connectivity index (χ3n) is 3.12. The predicted molar refractivity (Wildman–Crippen MR) is 79.9 cm³/mol. The molecule has 1 heterocycles. The maximum absolute atomic E-state index is 5.91. The van der Waals surface area contributed by atoms with Crippen LogP contribution in [0.1, 0.15) is 51.8 Å². The number of aromatic nitrogens is 2. The highest BCUT2D eigenvalue weighted by molar-refractivity contribution is 5.22. The maximum Gasteiger partial charge on any atom is 0.237 e. The second-order valence-corrected chi connectivity index (χ2v) is 4.67. The lowest BCUT2D eigenvalue weighted by Gasteiger charge is -2.28. The lowest BCUT2D eigenvalue weighted by Crippen LogP contribution is -2.35. The first-order valence-electron chi connectivity index (χ1n) is 7.48. The third kappa shape index (κ3) is 4.72. The first-order chi connectivity index (χ1) is 9.78. The molecule has 5 nitrogen and oxygen atoms in total. The molecule has 0 amide bonds. The molecule has 0 fully saturated rings. The molecule has 0 aliphatic rings. The van der Waals surface area contributed by atoms with Gasteiger partial charge in [-0.15, -0.1) is 0 Å². The van der Waals surface area contributed by atoms with Gasteiger partial charge in [-0.1, -0.05) is 20.3 Å². The first kappa shape index (κ1) is 16.9. The van der Waals surface area contributed by atoms with Crippen LogP contribution in [0, 0.1) is 0 Å². The van der Waals surface area contributed by atoms with E-state index in [4.69, 9.17) is 9.47 Å². The molecule has 1 N–H and O–H groups in total. The lowest BCUT2D eigenvalue weighted by atomic mass is 10.0. The van der Waals surface area contributed by atoms with E-state index in [-0.39, 0.29) is 12.1 Å². The monoisotopic (exact) mass is 281 g/mol. The molecule has 2 unspecified atom stereocenters. The minimum absolute atomic E-state index is 0.0125. The van der Waals surface area contributed by atoms with Gasteiger partial charge in [0.25, 0.3) is 0 Å². The Balaban J connectivity index is 3.01. The molecule has 0 aromatic carbocycles. The Labute approximate surface area is 122 Å². The van der Waals surface area contributed by atoms with Crippen LogP contribution in [0.5, 0.6) is 5.88 Å². The molecule has 0 saturated heterocycles. The van der Waals surface area contributed by atoms with Gasteiger partial charge in [0.15, 0.2) is 0 Å². The number of ether oxygens (including phenoxy) is 2. The number of nitrogens with one attached hydrogen (secondary N) is 1. The summed E-state index contributed by atoms with van der Waals surface area (Å²) in [6.45, 7) is 7.94.